The van der Waals surface area contributed by atoms with Gasteiger partial charge in [-0.2, -0.15) is 0 Å². The maximum absolute atomic E-state index is 10.8. The molecule has 0 amide bonds. The number of hydrogen-bond donors (Lipinski definition) is 2. The van der Waals surface area contributed by atoms with Gasteiger partial charge >= 0.3 is 5.97 Å². The molecule has 17 heavy (non-hydrogen) atoms. The third kappa shape index (κ3) is 2.81. The Hall–Kier alpha value is -2.37. The minimum absolute atomic E-state index is 0.0211. The Kier molecular flexibility index (Phi) is 3.04. The van der Waals surface area contributed by atoms with Gasteiger partial charge in [-0.15, -0.1) is 0 Å². The van der Waals surface area contributed by atoms with Crippen molar-refractivity contribution in [3.8, 4) is 0 Å². The molecule has 0 aliphatic carbocycles. The van der Waals surface area contributed by atoms with Gasteiger partial charge in [0.1, 0.15) is 0 Å². The third-order valence-corrected chi connectivity index (χ3v) is 2.10. The van der Waals surface area contributed by atoms with E-state index >= 15 is 0 Å². The van der Waals surface area contributed by atoms with Crippen LogP contribution in [0.5, 0.6) is 0 Å². The van der Waals surface area contributed by atoms with Crippen molar-refractivity contribution in [1.29, 1.82) is 0 Å². The maximum Gasteiger partial charge on any atom is 0.354 e. The van der Waals surface area contributed by atoms with Gasteiger partial charge in [-0.1, -0.05) is 0 Å². The lowest BCUT2D eigenvalue weighted by Gasteiger charge is -2.04. The lowest BCUT2D eigenvalue weighted by atomic mass is 10.3. The van der Waals surface area contributed by atoms with Crippen molar-refractivity contribution in [2.24, 2.45) is 0 Å². The zero-order chi connectivity index (χ0) is 12.3. The highest BCUT2D eigenvalue weighted by Gasteiger charge is 2.08. The second kappa shape index (κ2) is 4.65. The van der Waals surface area contributed by atoms with E-state index in [0.717, 1.165) is 5.56 Å². The van der Waals surface area contributed by atoms with Crippen LogP contribution in [0.1, 0.15) is 21.7 Å². The molecule has 0 fully saturated rings. The monoisotopic (exact) mass is 233 g/mol. The molecule has 0 saturated carbocycles. The second-order valence-corrected chi connectivity index (χ2v) is 3.51. The Morgan fingerprint density at radius 2 is 2.35 bits per heavy atom. The topological polar surface area (TPSA) is 88.2 Å². The number of aromatic nitrogens is 2. The summed E-state index contributed by atoms with van der Waals surface area (Å²) in [4.78, 5) is 18.8. The molecular weight excluding hydrogens is 222 g/mol. The van der Waals surface area contributed by atoms with E-state index in [2.05, 4.69) is 15.3 Å². The predicted octanol–water partition coefficient (Wildman–Crippen LogP) is 1.69. The molecule has 0 aliphatic heterocycles. The van der Waals surface area contributed by atoms with Crippen LogP contribution in [0.4, 0.5) is 5.95 Å². The number of furan rings is 1. The van der Waals surface area contributed by atoms with Crippen molar-refractivity contribution in [2.75, 3.05) is 5.32 Å². The summed E-state index contributed by atoms with van der Waals surface area (Å²) in [7, 11) is 0. The number of hydrogen-bond acceptors (Lipinski definition) is 5. The molecule has 0 aliphatic rings. The first-order valence-corrected chi connectivity index (χ1v) is 4.99. The van der Waals surface area contributed by atoms with Crippen molar-refractivity contribution in [3.63, 3.8) is 0 Å². The summed E-state index contributed by atoms with van der Waals surface area (Å²) in [6.07, 6.45) is 3.16. The number of carbonyl (C=O) groups is 1. The molecule has 0 unspecified atom stereocenters. The largest absolute Gasteiger partial charge is 0.477 e. The molecule has 2 N–H and O–H groups in total. The summed E-state index contributed by atoms with van der Waals surface area (Å²) in [6.45, 7) is 2.20. The zero-order valence-corrected chi connectivity index (χ0v) is 9.17. The summed E-state index contributed by atoms with van der Waals surface area (Å²) in [5.74, 6) is -0.773. The van der Waals surface area contributed by atoms with Gasteiger partial charge in [-0.25, -0.2) is 14.8 Å². The van der Waals surface area contributed by atoms with Crippen molar-refractivity contribution >= 4 is 11.9 Å². The highest BCUT2D eigenvalue weighted by atomic mass is 16.4. The molecule has 0 saturated heterocycles. The summed E-state index contributed by atoms with van der Waals surface area (Å²) >= 11 is 0. The van der Waals surface area contributed by atoms with E-state index in [1.54, 1.807) is 25.5 Å². The van der Waals surface area contributed by atoms with Crippen LogP contribution in [0, 0.1) is 6.92 Å². The van der Waals surface area contributed by atoms with Gasteiger partial charge in [-0.3, -0.25) is 0 Å². The van der Waals surface area contributed by atoms with Gasteiger partial charge in [0.05, 0.1) is 12.5 Å². The minimum atomic E-state index is -1.07. The predicted molar refractivity (Wildman–Crippen MR) is 59.8 cm³/mol. The van der Waals surface area contributed by atoms with Gasteiger partial charge in [0.2, 0.25) is 5.95 Å². The van der Waals surface area contributed by atoms with Crippen molar-refractivity contribution in [3.05, 3.63) is 41.6 Å². The molecule has 2 aromatic heterocycles. The van der Waals surface area contributed by atoms with E-state index < -0.39 is 5.97 Å². The molecule has 2 rings (SSSR count). The Morgan fingerprint density at radius 1 is 1.53 bits per heavy atom. The van der Waals surface area contributed by atoms with Crippen LogP contribution in [0.25, 0.3) is 0 Å². The van der Waals surface area contributed by atoms with Crippen LogP contribution in [0.2, 0.25) is 0 Å². The summed E-state index contributed by atoms with van der Waals surface area (Å²) in [5.41, 5.74) is 1.52. The van der Waals surface area contributed by atoms with E-state index in [9.17, 15) is 4.79 Å². The molecule has 0 bridgehead atoms. The Balaban J connectivity index is 2.13. The molecule has 0 aromatic carbocycles. The van der Waals surface area contributed by atoms with Gasteiger partial charge in [0, 0.05) is 17.8 Å². The quantitative estimate of drug-likeness (QED) is 0.835. The van der Waals surface area contributed by atoms with Crippen LogP contribution in [0.15, 0.2) is 29.1 Å². The van der Waals surface area contributed by atoms with E-state index in [1.165, 1.54) is 6.07 Å². The molecule has 88 valence electrons. The third-order valence-electron chi connectivity index (χ3n) is 2.10. The van der Waals surface area contributed by atoms with Crippen LogP contribution in [0.3, 0.4) is 0 Å². The SMILES string of the molecule is Cc1cc(C(=O)O)nc(NCc2ccoc2)n1. The Bertz CT molecular complexity index is 523. The van der Waals surface area contributed by atoms with Gasteiger partial charge < -0.3 is 14.8 Å². The molecular formula is C11H11N3O3. The second-order valence-electron chi connectivity index (χ2n) is 3.51. The number of rotatable bonds is 4. The Labute approximate surface area is 97.3 Å². The number of carboxylic acid groups (broad SMARTS) is 1. The molecule has 2 aromatic rings. The van der Waals surface area contributed by atoms with Gasteiger partial charge in [-0.05, 0) is 19.1 Å². The number of anilines is 1. The zero-order valence-electron chi connectivity index (χ0n) is 9.17. The molecule has 0 spiro atoms. The molecule has 6 heteroatoms. The average Bonchev–Trinajstić information content (AvgIpc) is 2.78. The number of nitrogens with one attached hydrogen (secondary N) is 1. The minimum Gasteiger partial charge on any atom is -0.477 e. The standard InChI is InChI=1S/C11H11N3O3/c1-7-4-9(10(15)16)14-11(13-7)12-5-8-2-3-17-6-8/h2-4,6H,5H2,1H3,(H,15,16)(H,12,13,14). The van der Waals surface area contributed by atoms with E-state index in [1.807, 2.05) is 0 Å². The lowest BCUT2D eigenvalue weighted by Crippen LogP contribution is -2.08. The fourth-order valence-electron chi connectivity index (χ4n) is 1.33. The van der Waals surface area contributed by atoms with E-state index in [0.29, 0.717) is 18.2 Å². The normalized spacial score (nSPS) is 10.2. The summed E-state index contributed by atoms with van der Waals surface area (Å²) < 4.78 is 4.91. The first-order valence-electron chi connectivity index (χ1n) is 4.99. The van der Waals surface area contributed by atoms with Crippen molar-refractivity contribution in [2.45, 2.75) is 13.5 Å². The van der Waals surface area contributed by atoms with Gasteiger partial charge in [0.25, 0.3) is 0 Å². The molecule has 0 radical (unpaired) electrons. The average molecular weight is 233 g/mol. The Morgan fingerprint density at radius 3 is 3.00 bits per heavy atom. The van der Waals surface area contributed by atoms with Gasteiger partial charge in [0.15, 0.2) is 5.69 Å². The van der Waals surface area contributed by atoms with Crippen molar-refractivity contribution < 1.29 is 14.3 Å². The molecule has 2 heterocycles. The van der Waals surface area contributed by atoms with Crippen LogP contribution in [-0.4, -0.2) is 21.0 Å². The molecule has 0 atom stereocenters. The smallest absolute Gasteiger partial charge is 0.354 e. The highest BCUT2D eigenvalue weighted by Crippen LogP contribution is 2.07. The first-order chi connectivity index (χ1) is 8.15. The fraction of sp³-hybridized carbons (Fsp3) is 0.182. The van der Waals surface area contributed by atoms with E-state index in [4.69, 9.17) is 9.52 Å². The number of aryl methyl sites for hydroxylation is 1. The van der Waals surface area contributed by atoms with Crippen LogP contribution < -0.4 is 5.32 Å². The molecule has 6 nitrogen and oxygen atoms in total. The number of aromatic carboxylic acids is 1. The van der Waals surface area contributed by atoms with E-state index in [-0.39, 0.29) is 5.69 Å². The highest BCUT2D eigenvalue weighted by molar-refractivity contribution is 5.85. The van der Waals surface area contributed by atoms with Crippen LogP contribution in [-0.2, 0) is 6.54 Å². The first kappa shape index (κ1) is 11.1. The number of carboxylic acids is 1. The summed E-state index contributed by atoms with van der Waals surface area (Å²) in [6, 6.07) is 3.23. The fourth-order valence-corrected chi connectivity index (χ4v) is 1.33. The number of nitrogens with zero attached hydrogens (tertiary/aromatic N) is 2. The lowest BCUT2D eigenvalue weighted by molar-refractivity contribution is 0.0690. The summed E-state index contributed by atoms with van der Waals surface area (Å²) in [5, 5.41) is 11.8. The van der Waals surface area contributed by atoms with Crippen LogP contribution >= 0.6 is 0 Å². The van der Waals surface area contributed by atoms with Crippen molar-refractivity contribution in [1.82, 2.24) is 9.97 Å². The maximum atomic E-state index is 10.8.